The summed E-state index contributed by atoms with van der Waals surface area (Å²) in [4.78, 5) is 18.6. The highest BCUT2D eigenvalue weighted by Gasteiger charge is 2.28. The zero-order chi connectivity index (χ0) is 14.0. The lowest BCUT2D eigenvalue weighted by molar-refractivity contribution is 0.0420. The van der Waals surface area contributed by atoms with Crippen LogP contribution in [0.15, 0.2) is 0 Å². The highest BCUT2D eigenvalue weighted by molar-refractivity contribution is 7.18. The largest absolute Gasteiger partial charge is 0.393 e. The summed E-state index contributed by atoms with van der Waals surface area (Å²) < 4.78 is 0. The number of nitrogens with zero attached hydrogens (tertiary/aromatic N) is 2. The Morgan fingerprint density at radius 1 is 1.63 bits per heavy atom. The number of nitrogens with two attached hydrogens (primary N) is 1. The zero-order valence-electron chi connectivity index (χ0n) is 11.2. The Kier molecular flexibility index (Phi) is 4.26. The van der Waals surface area contributed by atoms with E-state index in [9.17, 15) is 9.90 Å². The highest BCUT2D eigenvalue weighted by Crippen LogP contribution is 2.28. The molecule has 1 fully saturated rings. The second-order valence-corrected chi connectivity index (χ2v) is 5.90. The number of thiazole rings is 1. The van der Waals surface area contributed by atoms with Crippen molar-refractivity contribution in [2.75, 3.05) is 30.8 Å². The van der Waals surface area contributed by atoms with Crippen molar-refractivity contribution in [3.8, 4) is 0 Å². The van der Waals surface area contributed by atoms with Gasteiger partial charge in [-0.1, -0.05) is 11.3 Å². The van der Waals surface area contributed by atoms with Crippen LogP contribution in [0.3, 0.4) is 0 Å². The number of hydrogen-bond acceptors (Lipinski definition) is 6. The molecule has 0 aromatic carbocycles. The van der Waals surface area contributed by atoms with Gasteiger partial charge in [0.2, 0.25) is 0 Å². The number of aliphatic hydroxyl groups is 1. The molecule has 1 amide bonds. The van der Waals surface area contributed by atoms with E-state index < -0.39 is 0 Å². The van der Waals surface area contributed by atoms with E-state index in [1.807, 2.05) is 18.9 Å². The molecule has 0 spiro atoms. The van der Waals surface area contributed by atoms with Crippen molar-refractivity contribution in [3.05, 3.63) is 4.88 Å². The Bertz CT molecular complexity index is 457. The van der Waals surface area contributed by atoms with Crippen molar-refractivity contribution in [1.82, 2.24) is 10.3 Å². The molecule has 6 nitrogen and oxygen atoms in total. The van der Waals surface area contributed by atoms with Gasteiger partial charge in [0, 0.05) is 20.1 Å². The van der Waals surface area contributed by atoms with Crippen LogP contribution >= 0.6 is 11.3 Å². The number of carbonyl (C=O) groups is 1. The number of carbonyl (C=O) groups excluding carboxylic acids is 1. The van der Waals surface area contributed by atoms with E-state index in [4.69, 9.17) is 5.73 Å². The lowest BCUT2D eigenvalue weighted by atomic mass is 9.82. The summed E-state index contributed by atoms with van der Waals surface area (Å²) in [6.07, 6.45) is 1.34. The van der Waals surface area contributed by atoms with E-state index in [0.717, 1.165) is 24.5 Å². The third-order valence-electron chi connectivity index (χ3n) is 3.41. The Morgan fingerprint density at radius 3 is 2.89 bits per heavy atom. The molecule has 0 aliphatic heterocycles. The first-order valence-electron chi connectivity index (χ1n) is 6.45. The van der Waals surface area contributed by atoms with Crippen LogP contribution in [0.25, 0.3) is 0 Å². The number of aromatic nitrogens is 1. The van der Waals surface area contributed by atoms with Crippen LogP contribution in [0.4, 0.5) is 10.9 Å². The summed E-state index contributed by atoms with van der Waals surface area (Å²) in [5.74, 6) is 0.490. The summed E-state index contributed by atoms with van der Waals surface area (Å²) in [6, 6.07) is 0. The lowest BCUT2D eigenvalue weighted by Gasteiger charge is -2.31. The van der Waals surface area contributed by atoms with Crippen molar-refractivity contribution in [2.45, 2.75) is 25.9 Å². The molecule has 1 aromatic rings. The van der Waals surface area contributed by atoms with E-state index in [1.54, 1.807) is 0 Å². The van der Waals surface area contributed by atoms with Crippen molar-refractivity contribution in [2.24, 2.45) is 5.92 Å². The van der Waals surface area contributed by atoms with Gasteiger partial charge in [0.15, 0.2) is 5.13 Å². The number of aliphatic hydroxyl groups excluding tert-OH is 1. The van der Waals surface area contributed by atoms with Gasteiger partial charge in [0.1, 0.15) is 10.7 Å². The Labute approximate surface area is 116 Å². The van der Waals surface area contributed by atoms with E-state index >= 15 is 0 Å². The maximum Gasteiger partial charge on any atom is 0.265 e. The fourth-order valence-corrected chi connectivity index (χ4v) is 2.89. The van der Waals surface area contributed by atoms with Crippen LogP contribution in [0.5, 0.6) is 0 Å². The van der Waals surface area contributed by atoms with Crippen LogP contribution in [0, 0.1) is 5.92 Å². The quantitative estimate of drug-likeness (QED) is 0.739. The minimum absolute atomic E-state index is 0.174. The van der Waals surface area contributed by atoms with Gasteiger partial charge >= 0.3 is 0 Å². The standard InChI is InChI=1S/C12H20N4O2S/c1-3-16(2)12-15-10(13)9(19-12)11(18)14-6-7-4-8(17)5-7/h7-8,17H,3-6,13H2,1-2H3,(H,14,18). The second-order valence-electron chi connectivity index (χ2n) is 4.93. The molecule has 106 valence electrons. The molecule has 1 saturated carbocycles. The topological polar surface area (TPSA) is 91.5 Å². The molecule has 0 saturated heterocycles. The minimum Gasteiger partial charge on any atom is -0.393 e. The molecule has 19 heavy (non-hydrogen) atoms. The van der Waals surface area contributed by atoms with Gasteiger partial charge in [-0.15, -0.1) is 0 Å². The third kappa shape index (κ3) is 3.16. The predicted octanol–water partition coefficient (Wildman–Crippen LogP) is 0.682. The summed E-state index contributed by atoms with van der Waals surface area (Å²) in [7, 11) is 1.91. The zero-order valence-corrected chi connectivity index (χ0v) is 12.0. The van der Waals surface area contributed by atoms with Gasteiger partial charge in [-0.05, 0) is 25.7 Å². The minimum atomic E-state index is -0.194. The SMILES string of the molecule is CCN(C)c1nc(N)c(C(=O)NCC2CC(O)C2)s1. The van der Waals surface area contributed by atoms with Crippen LogP contribution in [0.2, 0.25) is 0 Å². The average molecular weight is 284 g/mol. The van der Waals surface area contributed by atoms with E-state index in [-0.39, 0.29) is 17.8 Å². The summed E-state index contributed by atoms with van der Waals surface area (Å²) in [6.45, 7) is 3.42. The van der Waals surface area contributed by atoms with Crippen molar-refractivity contribution < 1.29 is 9.90 Å². The fraction of sp³-hybridized carbons (Fsp3) is 0.667. The summed E-state index contributed by atoms with van der Waals surface area (Å²) in [5, 5.41) is 12.8. The van der Waals surface area contributed by atoms with Crippen molar-refractivity contribution in [3.63, 3.8) is 0 Å². The number of hydrogen-bond donors (Lipinski definition) is 3. The molecular formula is C12H20N4O2S. The first-order chi connectivity index (χ1) is 9.01. The number of rotatable bonds is 5. The highest BCUT2D eigenvalue weighted by atomic mass is 32.1. The molecule has 0 radical (unpaired) electrons. The smallest absolute Gasteiger partial charge is 0.265 e. The van der Waals surface area contributed by atoms with Crippen LogP contribution in [0.1, 0.15) is 29.4 Å². The molecular weight excluding hydrogens is 264 g/mol. The Morgan fingerprint density at radius 2 is 2.32 bits per heavy atom. The Balaban J connectivity index is 1.93. The van der Waals surface area contributed by atoms with Gasteiger partial charge in [-0.3, -0.25) is 4.79 Å². The number of nitrogens with one attached hydrogen (secondary N) is 1. The van der Waals surface area contributed by atoms with Gasteiger partial charge < -0.3 is 21.1 Å². The van der Waals surface area contributed by atoms with Crippen molar-refractivity contribution in [1.29, 1.82) is 0 Å². The molecule has 1 aliphatic carbocycles. The van der Waals surface area contributed by atoms with Gasteiger partial charge in [-0.2, -0.15) is 0 Å². The molecule has 1 aromatic heterocycles. The van der Waals surface area contributed by atoms with E-state index in [0.29, 0.717) is 17.3 Å². The first-order valence-corrected chi connectivity index (χ1v) is 7.26. The molecule has 4 N–H and O–H groups in total. The van der Waals surface area contributed by atoms with Crippen LogP contribution < -0.4 is 16.0 Å². The molecule has 0 atom stereocenters. The normalized spacial score (nSPS) is 21.8. The average Bonchev–Trinajstić information content (AvgIpc) is 2.74. The number of anilines is 2. The molecule has 0 bridgehead atoms. The van der Waals surface area contributed by atoms with Crippen molar-refractivity contribution >= 4 is 28.2 Å². The molecule has 1 aliphatic rings. The molecule has 2 rings (SSSR count). The lowest BCUT2D eigenvalue weighted by Crippen LogP contribution is -2.38. The number of nitrogen functional groups attached to an aromatic ring is 1. The van der Waals surface area contributed by atoms with E-state index in [1.165, 1.54) is 11.3 Å². The summed E-state index contributed by atoms with van der Waals surface area (Å²) >= 11 is 1.31. The van der Waals surface area contributed by atoms with Gasteiger partial charge in [0.25, 0.3) is 5.91 Å². The first kappa shape index (κ1) is 14.1. The van der Waals surface area contributed by atoms with Gasteiger partial charge in [-0.25, -0.2) is 4.98 Å². The monoisotopic (exact) mass is 284 g/mol. The summed E-state index contributed by atoms with van der Waals surface area (Å²) in [5.41, 5.74) is 5.78. The second kappa shape index (κ2) is 5.75. The predicted molar refractivity (Wildman–Crippen MR) is 76.5 cm³/mol. The Hall–Kier alpha value is -1.34. The maximum atomic E-state index is 12.0. The maximum absolute atomic E-state index is 12.0. The van der Waals surface area contributed by atoms with E-state index in [2.05, 4.69) is 10.3 Å². The molecule has 7 heteroatoms. The van der Waals surface area contributed by atoms with Crippen LogP contribution in [-0.2, 0) is 0 Å². The number of amides is 1. The van der Waals surface area contributed by atoms with Crippen LogP contribution in [-0.4, -0.2) is 42.2 Å². The molecule has 0 unspecified atom stereocenters. The molecule has 1 heterocycles. The third-order valence-corrected chi connectivity index (χ3v) is 4.60. The fourth-order valence-electron chi connectivity index (χ4n) is 1.97. The van der Waals surface area contributed by atoms with Gasteiger partial charge in [0.05, 0.1) is 6.10 Å².